The molecule has 0 saturated heterocycles. The van der Waals surface area contributed by atoms with E-state index in [1.807, 2.05) is 54.7 Å². The molecule has 3 aromatic rings. The van der Waals surface area contributed by atoms with E-state index in [1.165, 1.54) is 0 Å². The monoisotopic (exact) mass is 347 g/mol. The van der Waals surface area contributed by atoms with Gasteiger partial charge in [0.15, 0.2) is 0 Å². The molecule has 1 aliphatic heterocycles. The first-order valence-corrected chi connectivity index (χ1v) is 8.81. The van der Waals surface area contributed by atoms with E-state index in [-0.39, 0.29) is 12.0 Å². The number of fused-ring (bicyclic) bond motifs is 1. The fraction of sp³-hybridized carbons (Fsp3) is 0.238. The molecule has 1 aromatic heterocycles. The summed E-state index contributed by atoms with van der Waals surface area (Å²) in [6.45, 7) is 1.65. The van der Waals surface area contributed by atoms with Crippen LogP contribution in [0.3, 0.4) is 0 Å². The van der Waals surface area contributed by atoms with Gasteiger partial charge in [-0.1, -0.05) is 60.7 Å². The predicted octanol–water partition coefficient (Wildman–Crippen LogP) is 2.81. The molecular weight excluding hydrogens is 326 g/mol. The van der Waals surface area contributed by atoms with Gasteiger partial charge in [0.2, 0.25) is 5.91 Å². The Morgan fingerprint density at radius 1 is 1.12 bits per heavy atom. The topological polar surface area (TPSA) is 56.2 Å². The van der Waals surface area contributed by atoms with Crippen LogP contribution in [-0.4, -0.2) is 28.1 Å². The fourth-order valence-corrected chi connectivity index (χ4v) is 3.22. The number of amides is 1. The third kappa shape index (κ3) is 3.68. The third-order valence-electron chi connectivity index (χ3n) is 4.58. The maximum Gasteiger partial charge on any atom is 0.224 e. The van der Waals surface area contributed by atoms with Crippen molar-refractivity contribution < 1.29 is 9.53 Å². The van der Waals surface area contributed by atoms with Crippen molar-refractivity contribution >= 4 is 5.91 Å². The zero-order valence-corrected chi connectivity index (χ0v) is 14.5. The minimum Gasteiger partial charge on any atom is -0.367 e. The van der Waals surface area contributed by atoms with Crippen LogP contribution in [0.2, 0.25) is 0 Å². The van der Waals surface area contributed by atoms with Crippen LogP contribution in [0.15, 0.2) is 66.9 Å². The number of imidazole rings is 1. The summed E-state index contributed by atoms with van der Waals surface area (Å²) in [6.07, 6.45) is 2.22. The van der Waals surface area contributed by atoms with Crippen molar-refractivity contribution in [1.29, 1.82) is 0 Å². The Labute approximate surface area is 152 Å². The van der Waals surface area contributed by atoms with Crippen molar-refractivity contribution in [3.05, 3.63) is 78.2 Å². The van der Waals surface area contributed by atoms with Crippen LogP contribution in [-0.2, 0) is 29.1 Å². The first-order valence-electron chi connectivity index (χ1n) is 8.81. The second kappa shape index (κ2) is 7.54. The molecule has 0 unspecified atom stereocenters. The summed E-state index contributed by atoms with van der Waals surface area (Å²) in [7, 11) is 0. The van der Waals surface area contributed by atoms with Gasteiger partial charge in [0.1, 0.15) is 12.4 Å². The summed E-state index contributed by atoms with van der Waals surface area (Å²) in [4.78, 5) is 16.6. The molecule has 2 heterocycles. The summed E-state index contributed by atoms with van der Waals surface area (Å²) < 4.78 is 8.04. The Bertz CT molecular complexity index is 875. The highest BCUT2D eigenvalue weighted by atomic mass is 16.5. The molecule has 5 heteroatoms. The largest absolute Gasteiger partial charge is 0.367 e. The molecule has 0 spiro atoms. The standard InChI is InChI=1S/C21H21N3O2/c25-21(11-16-7-3-1-4-8-16)23-12-18-14-24-19(13-22-20(24)15-26-18)17-9-5-2-6-10-17/h1-10,13,18H,11-12,14-15H2,(H,23,25)/t18-/m0/s1. The highest BCUT2D eigenvalue weighted by Crippen LogP contribution is 2.24. The molecule has 0 aliphatic carbocycles. The van der Waals surface area contributed by atoms with Gasteiger partial charge in [0.25, 0.3) is 0 Å². The fourth-order valence-electron chi connectivity index (χ4n) is 3.22. The number of nitrogens with zero attached hydrogens (tertiary/aromatic N) is 2. The lowest BCUT2D eigenvalue weighted by Crippen LogP contribution is -2.39. The number of hydrogen-bond acceptors (Lipinski definition) is 3. The Morgan fingerprint density at radius 3 is 2.62 bits per heavy atom. The van der Waals surface area contributed by atoms with E-state index in [9.17, 15) is 4.79 Å². The smallest absolute Gasteiger partial charge is 0.224 e. The van der Waals surface area contributed by atoms with Crippen LogP contribution in [0.1, 0.15) is 11.4 Å². The lowest BCUT2D eigenvalue weighted by molar-refractivity contribution is -0.121. The number of aromatic nitrogens is 2. The zero-order valence-electron chi connectivity index (χ0n) is 14.5. The maximum atomic E-state index is 12.2. The number of benzene rings is 2. The van der Waals surface area contributed by atoms with Gasteiger partial charge in [0, 0.05) is 6.54 Å². The van der Waals surface area contributed by atoms with Crippen LogP contribution in [0.25, 0.3) is 11.3 Å². The Kier molecular flexibility index (Phi) is 4.80. The normalized spacial score (nSPS) is 16.1. The van der Waals surface area contributed by atoms with E-state index in [2.05, 4.69) is 27.0 Å². The van der Waals surface area contributed by atoms with Gasteiger partial charge in [-0.15, -0.1) is 0 Å². The minimum atomic E-state index is -0.0566. The van der Waals surface area contributed by atoms with E-state index >= 15 is 0 Å². The Hall–Kier alpha value is -2.92. The van der Waals surface area contributed by atoms with Crippen LogP contribution in [0.4, 0.5) is 0 Å². The van der Waals surface area contributed by atoms with E-state index in [1.54, 1.807) is 0 Å². The van der Waals surface area contributed by atoms with E-state index in [0.717, 1.165) is 22.6 Å². The average molecular weight is 347 g/mol. The molecule has 132 valence electrons. The number of rotatable bonds is 5. The van der Waals surface area contributed by atoms with Crippen LogP contribution >= 0.6 is 0 Å². The number of ether oxygens (including phenoxy) is 1. The SMILES string of the molecule is O=C(Cc1ccccc1)NC[C@H]1Cn2c(-c3ccccc3)cnc2CO1. The van der Waals surface area contributed by atoms with Crippen molar-refractivity contribution in [1.82, 2.24) is 14.9 Å². The van der Waals surface area contributed by atoms with Crippen LogP contribution in [0.5, 0.6) is 0 Å². The lowest BCUT2D eigenvalue weighted by Gasteiger charge is -2.26. The van der Waals surface area contributed by atoms with Crippen molar-refractivity contribution in [2.24, 2.45) is 0 Å². The first-order chi connectivity index (χ1) is 12.8. The van der Waals surface area contributed by atoms with Gasteiger partial charge in [-0.25, -0.2) is 4.98 Å². The first kappa shape index (κ1) is 16.5. The molecule has 1 amide bonds. The van der Waals surface area contributed by atoms with Gasteiger partial charge in [-0.3, -0.25) is 4.79 Å². The molecule has 1 N–H and O–H groups in total. The summed E-state index contributed by atoms with van der Waals surface area (Å²) >= 11 is 0. The van der Waals surface area contributed by atoms with Gasteiger partial charge in [-0.2, -0.15) is 0 Å². The highest BCUT2D eigenvalue weighted by molar-refractivity contribution is 5.78. The zero-order chi connectivity index (χ0) is 17.8. The molecule has 5 nitrogen and oxygen atoms in total. The molecule has 1 aliphatic rings. The second-order valence-corrected chi connectivity index (χ2v) is 6.44. The molecule has 1 atom stereocenters. The number of nitrogens with one attached hydrogen (secondary N) is 1. The van der Waals surface area contributed by atoms with Crippen LogP contribution < -0.4 is 5.32 Å². The number of hydrogen-bond donors (Lipinski definition) is 1. The molecular formula is C21H21N3O2. The third-order valence-corrected chi connectivity index (χ3v) is 4.58. The molecule has 0 saturated carbocycles. The summed E-state index contributed by atoms with van der Waals surface area (Å²) in [5.41, 5.74) is 3.24. The lowest BCUT2D eigenvalue weighted by atomic mass is 10.1. The molecule has 26 heavy (non-hydrogen) atoms. The van der Waals surface area contributed by atoms with E-state index in [4.69, 9.17) is 4.74 Å². The molecule has 0 bridgehead atoms. The van der Waals surface area contributed by atoms with Gasteiger partial charge < -0.3 is 14.6 Å². The van der Waals surface area contributed by atoms with Crippen molar-refractivity contribution in [2.75, 3.05) is 6.54 Å². The number of carbonyl (C=O) groups excluding carboxylic acids is 1. The summed E-state index contributed by atoms with van der Waals surface area (Å²) in [5.74, 6) is 0.940. The van der Waals surface area contributed by atoms with Gasteiger partial charge in [-0.05, 0) is 11.1 Å². The van der Waals surface area contributed by atoms with Crippen molar-refractivity contribution in [2.45, 2.75) is 25.7 Å². The molecule has 4 rings (SSSR count). The number of carbonyl (C=O) groups is 1. The van der Waals surface area contributed by atoms with Gasteiger partial charge >= 0.3 is 0 Å². The molecule has 2 aromatic carbocycles. The Morgan fingerprint density at radius 2 is 1.85 bits per heavy atom. The molecule has 0 radical (unpaired) electrons. The van der Waals surface area contributed by atoms with Crippen LogP contribution in [0, 0.1) is 0 Å². The van der Waals surface area contributed by atoms with Crippen molar-refractivity contribution in [3.63, 3.8) is 0 Å². The van der Waals surface area contributed by atoms with Crippen molar-refractivity contribution in [3.8, 4) is 11.3 Å². The quantitative estimate of drug-likeness (QED) is 0.772. The predicted molar refractivity (Wildman–Crippen MR) is 99.4 cm³/mol. The van der Waals surface area contributed by atoms with Gasteiger partial charge in [0.05, 0.1) is 31.0 Å². The molecule has 0 fully saturated rings. The summed E-state index contributed by atoms with van der Waals surface area (Å²) in [6, 6.07) is 20.0. The Balaban J connectivity index is 1.38. The van der Waals surface area contributed by atoms with E-state index < -0.39 is 0 Å². The minimum absolute atomic E-state index is 0.0134. The average Bonchev–Trinajstić information content (AvgIpc) is 3.11. The second-order valence-electron chi connectivity index (χ2n) is 6.44. The summed E-state index contributed by atoms with van der Waals surface area (Å²) in [5, 5.41) is 2.99. The highest BCUT2D eigenvalue weighted by Gasteiger charge is 2.23. The maximum absolute atomic E-state index is 12.2. The van der Waals surface area contributed by atoms with E-state index in [0.29, 0.717) is 26.1 Å².